The van der Waals surface area contributed by atoms with Crippen LogP contribution in [0.1, 0.15) is 42.5 Å². The van der Waals surface area contributed by atoms with Gasteiger partial charge in [0.2, 0.25) is 5.95 Å². The summed E-state index contributed by atoms with van der Waals surface area (Å²) >= 11 is 0. The molecule has 10 aromatic carbocycles. The lowest BCUT2D eigenvalue weighted by Gasteiger charge is -2.16. The zero-order valence-corrected chi connectivity index (χ0v) is 31.0. The molecule has 0 N–H and O–H groups in total. The molecule has 0 unspecified atom stereocenters. The third kappa shape index (κ3) is 5.18. The molecule has 3 heterocycles. The number of rotatable bonds is 5. The van der Waals surface area contributed by atoms with Gasteiger partial charge in [-0.25, -0.2) is 4.98 Å². The van der Waals surface area contributed by atoms with Gasteiger partial charge >= 0.3 is 0 Å². The van der Waals surface area contributed by atoms with E-state index in [9.17, 15) is 21.9 Å². The van der Waals surface area contributed by atoms with Gasteiger partial charge in [-0.15, -0.1) is 0 Å². The SMILES string of the molecule is [2H]c1cc([2H])cc(-c2c([2H])c([2H])c3c4c([2H])c([2H])c([2H])c([2H])c4n(-c4c([2H])c([2H])c([2H])c([2H])c4-c4nc(-c5cc([2H])c6c(c5[2H])c5c([2H])c([2H])c([2H])c([2H])c5c5c([2H])c([2H])c([2H])c([2H])c65)nc(-n5c6c([2H])c([2H])c([2H])c([2H])c6c6c([2H])c([2H])c([2H])c([2H])c65)n4)c3c2[2H])c1. The standard InChI is InChI=1S/C57H35N5/c1-2-16-36(17-3-1)37-30-33-47-46-24-8-12-26-50(46)61(54(47)35-37)53-29-15-11-25-48(53)56-58-55(59-57(60-56)62-51-27-13-9-22-44(51)45-23-10-14-28-52(45)62)38-31-32-43-41-20-5-4-18-39(41)40-19-6-7-21-42(40)49(43)34-38/h1-35H/i2D,3D,4D,5D,6D,7D,8D,9D,10D,11D,12D,13D,14D,15D,18D,19D,20D,21D,22D,23D,24D,25D,26D,27D,28D,29D,30D,32D,33D,34D,35D. The lowest BCUT2D eigenvalue weighted by atomic mass is 9.93. The fraction of sp³-hybridized carbons (Fsp3) is 0. The van der Waals surface area contributed by atoms with Crippen molar-refractivity contribution in [2.45, 2.75) is 0 Å². The molecule has 0 radical (unpaired) electrons. The van der Waals surface area contributed by atoms with Crippen LogP contribution in [0.5, 0.6) is 0 Å². The lowest BCUT2D eigenvalue weighted by Crippen LogP contribution is -2.07. The first kappa shape index (κ1) is 15.9. The molecule has 3 aromatic heterocycles. The third-order valence-corrected chi connectivity index (χ3v) is 10.3. The van der Waals surface area contributed by atoms with Gasteiger partial charge in [0.1, 0.15) is 0 Å². The molecular formula is C57H35N5. The predicted molar refractivity (Wildman–Crippen MR) is 257 cm³/mol. The van der Waals surface area contributed by atoms with Gasteiger partial charge in [0.05, 0.1) is 70.2 Å². The van der Waals surface area contributed by atoms with Crippen molar-refractivity contribution in [3.8, 4) is 45.5 Å². The molecule has 0 saturated carbocycles. The Morgan fingerprint density at radius 1 is 0.323 bits per heavy atom. The molecule has 5 nitrogen and oxygen atoms in total. The van der Waals surface area contributed by atoms with Crippen molar-refractivity contribution in [2.75, 3.05) is 0 Å². The van der Waals surface area contributed by atoms with Crippen LogP contribution in [0.15, 0.2) is 212 Å². The summed E-state index contributed by atoms with van der Waals surface area (Å²) in [6.45, 7) is 0. The number of aromatic nitrogens is 5. The van der Waals surface area contributed by atoms with Gasteiger partial charge in [0.15, 0.2) is 11.6 Å². The maximum Gasteiger partial charge on any atom is 0.238 e. The first-order valence-corrected chi connectivity index (χ1v) is 18.5. The largest absolute Gasteiger partial charge is 0.308 e. The molecule has 0 fully saturated rings. The Morgan fingerprint density at radius 3 is 1.47 bits per heavy atom. The fourth-order valence-corrected chi connectivity index (χ4v) is 7.66. The van der Waals surface area contributed by atoms with Crippen LogP contribution in [-0.2, 0) is 0 Å². The second-order valence-electron chi connectivity index (χ2n) is 13.6. The summed E-state index contributed by atoms with van der Waals surface area (Å²) in [5.41, 5.74) is -5.57. The number of fused-ring (bicyclic) bond motifs is 12. The first-order chi connectivity index (χ1) is 43.6. The Hall–Kier alpha value is -8.41. The van der Waals surface area contributed by atoms with Crippen LogP contribution in [0.2, 0.25) is 0 Å². The molecule has 5 heteroatoms. The summed E-state index contributed by atoms with van der Waals surface area (Å²) in [6, 6.07) is -21.8. The van der Waals surface area contributed by atoms with Crippen LogP contribution in [0, 0.1) is 0 Å². The van der Waals surface area contributed by atoms with E-state index in [0.29, 0.717) is 0 Å². The number of benzene rings is 10. The Bertz CT molecular complexity index is 5680. The van der Waals surface area contributed by atoms with E-state index in [-0.39, 0.29) is 17.6 Å². The van der Waals surface area contributed by atoms with Gasteiger partial charge in [0, 0.05) is 32.7 Å². The third-order valence-electron chi connectivity index (χ3n) is 10.3. The lowest BCUT2D eigenvalue weighted by molar-refractivity contribution is 0.952. The number of para-hydroxylation sites is 4. The molecule has 0 amide bonds. The molecule has 62 heavy (non-hydrogen) atoms. The number of hydrogen-bond acceptors (Lipinski definition) is 3. The molecule has 0 spiro atoms. The van der Waals surface area contributed by atoms with Gasteiger partial charge in [-0.05, 0) is 85.7 Å². The van der Waals surface area contributed by atoms with Crippen LogP contribution < -0.4 is 0 Å². The maximum atomic E-state index is 10.2. The molecule has 0 aliphatic heterocycles. The molecule has 0 atom stereocenters. The monoisotopic (exact) mass is 820 g/mol. The van der Waals surface area contributed by atoms with Crippen molar-refractivity contribution in [1.82, 2.24) is 24.1 Å². The van der Waals surface area contributed by atoms with Crippen molar-refractivity contribution in [2.24, 2.45) is 0 Å². The van der Waals surface area contributed by atoms with Crippen LogP contribution in [-0.4, -0.2) is 24.1 Å². The van der Waals surface area contributed by atoms with E-state index in [0.717, 1.165) is 33.4 Å². The summed E-state index contributed by atoms with van der Waals surface area (Å²) in [7, 11) is 0. The average molecular weight is 821 g/mol. The number of nitrogens with zero attached hydrogens (tertiary/aromatic N) is 5. The minimum absolute atomic E-state index is 0.148. The molecule has 13 aromatic rings. The van der Waals surface area contributed by atoms with Crippen molar-refractivity contribution >= 4 is 75.9 Å². The van der Waals surface area contributed by atoms with Crippen molar-refractivity contribution in [1.29, 1.82) is 0 Å². The Balaban J connectivity index is 1.30. The van der Waals surface area contributed by atoms with Gasteiger partial charge in [-0.1, -0.05) is 169 Å². The van der Waals surface area contributed by atoms with E-state index >= 15 is 0 Å². The normalized spacial score (nSPS) is 18.9. The number of hydrogen-bond donors (Lipinski definition) is 0. The zero-order valence-electron chi connectivity index (χ0n) is 62.0. The van der Waals surface area contributed by atoms with Gasteiger partial charge in [-0.3, -0.25) is 4.57 Å². The van der Waals surface area contributed by atoms with E-state index in [1.165, 1.54) is 0 Å². The first-order valence-electron chi connectivity index (χ1n) is 34.0. The van der Waals surface area contributed by atoms with E-state index < -0.39 is 291 Å². The second-order valence-corrected chi connectivity index (χ2v) is 13.6. The predicted octanol–water partition coefficient (Wildman–Crippen LogP) is 14.5. The van der Waals surface area contributed by atoms with Gasteiger partial charge < -0.3 is 4.57 Å². The van der Waals surface area contributed by atoms with Crippen LogP contribution >= 0.6 is 0 Å². The molecule has 0 aliphatic rings. The molecule has 0 saturated heterocycles. The van der Waals surface area contributed by atoms with Crippen LogP contribution in [0.4, 0.5) is 0 Å². The topological polar surface area (TPSA) is 48.5 Å². The minimum atomic E-state index is -1.10. The van der Waals surface area contributed by atoms with Gasteiger partial charge in [0.25, 0.3) is 0 Å². The summed E-state index contributed by atoms with van der Waals surface area (Å²) < 4.78 is 285. The maximum absolute atomic E-state index is 10.2. The van der Waals surface area contributed by atoms with Crippen LogP contribution in [0.3, 0.4) is 0 Å². The quantitative estimate of drug-likeness (QED) is 0.163. The van der Waals surface area contributed by atoms with E-state index in [4.69, 9.17) is 30.5 Å². The average Bonchev–Trinajstić information content (AvgIpc) is 1.68. The molecule has 13 rings (SSSR count). The van der Waals surface area contributed by atoms with Gasteiger partial charge in [-0.2, -0.15) is 9.97 Å². The van der Waals surface area contributed by atoms with Crippen molar-refractivity contribution < 1.29 is 42.5 Å². The highest BCUT2D eigenvalue weighted by Crippen LogP contribution is 2.40. The summed E-state index contributed by atoms with van der Waals surface area (Å²) in [5.74, 6) is -2.78. The molecule has 0 bridgehead atoms. The Kier molecular flexibility index (Phi) is 3.48. The van der Waals surface area contributed by atoms with E-state index in [1.807, 2.05) is 0 Å². The smallest absolute Gasteiger partial charge is 0.238 e. The highest BCUT2D eigenvalue weighted by Gasteiger charge is 2.22. The van der Waals surface area contributed by atoms with Crippen molar-refractivity contribution in [3.63, 3.8) is 0 Å². The summed E-state index contributed by atoms with van der Waals surface area (Å²) in [4.78, 5) is 14.1. The summed E-state index contributed by atoms with van der Waals surface area (Å²) in [5, 5.41) is -5.13. The highest BCUT2D eigenvalue weighted by atomic mass is 15.2. The zero-order chi connectivity index (χ0) is 67.7. The fourth-order valence-electron chi connectivity index (χ4n) is 7.66. The van der Waals surface area contributed by atoms with E-state index in [1.54, 1.807) is 0 Å². The molecule has 288 valence electrons. The molecular weight excluding hydrogens is 755 g/mol. The Labute approximate surface area is 400 Å². The van der Waals surface area contributed by atoms with E-state index in [2.05, 4.69) is 4.98 Å². The minimum Gasteiger partial charge on any atom is -0.308 e. The second kappa shape index (κ2) is 13.6. The van der Waals surface area contributed by atoms with Crippen molar-refractivity contribution in [3.05, 3.63) is 212 Å². The summed E-state index contributed by atoms with van der Waals surface area (Å²) in [6.07, 6.45) is 0. The highest BCUT2D eigenvalue weighted by molar-refractivity contribution is 6.25. The van der Waals surface area contributed by atoms with Crippen LogP contribution in [0.25, 0.3) is 121 Å². The molecule has 0 aliphatic carbocycles. The Morgan fingerprint density at radius 2 is 0.823 bits per heavy atom.